The van der Waals surface area contributed by atoms with Crippen LogP contribution in [0.5, 0.6) is 0 Å². The molecule has 0 heterocycles. The third-order valence-electron chi connectivity index (χ3n) is 1.97. The third kappa shape index (κ3) is 3.37. The van der Waals surface area contributed by atoms with E-state index in [1.54, 1.807) is 0 Å². The average Bonchev–Trinajstić information content (AvgIpc) is 1.82. The van der Waals surface area contributed by atoms with Gasteiger partial charge in [-0.05, 0) is 33.3 Å². The molecule has 0 saturated heterocycles. The molecule has 0 atom stereocenters. The van der Waals surface area contributed by atoms with Crippen LogP contribution in [0, 0.1) is 13.8 Å². The molecule has 0 aliphatic carbocycles. The smallest absolute Gasteiger partial charge is 0.0352 e. The maximum absolute atomic E-state index is 5.99. The summed E-state index contributed by atoms with van der Waals surface area (Å²) in [6.07, 6.45) is 0. The molecular weight excluding hydrogens is 182 g/mol. The van der Waals surface area contributed by atoms with Gasteiger partial charge in [-0.2, -0.15) is 0 Å². The molecule has 0 aliphatic rings. The van der Waals surface area contributed by atoms with Gasteiger partial charge in [0.15, 0.2) is 0 Å². The van der Waals surface area contributed by atoms with Crippen LogP contribution in [0.25, 0.3) is 0 Å². The molecule has 1 rings (SSSR count). The van der Waals surface area contributed by atoms with Crippen molar-refractivity contribution in [2.45, 2.75) is 33.2 Å². The molecule has 1 nitrogen and oxygen atoms in total. The van der Waals surface area contributed by atoms with E-state index in [-0.39, 0.29) is 17.9 Å². The lowest BCUT2D eigenvalue weighted by Gasteiger charge is -2.20. The van der Waals surface area contributed by atoms with E-state index in [4.69, 9.17) is 5.73 Å². The molecule has 0 amide bonds. The zero-order valence-corrected chi connectivity index (χ0v) is 9.53. The molecule has 13 heavy (non-hydrogen) atoms. The van der Waals surface area contributed by atoms with E-state index < -0.39 is 0 Å². The quantitative estimate of drug-likeness (QED) is 0.740. The highest BCUT2D eigenvalue weighted by molar-refractivity contribution is 5.85. The topological polar surface area (TPSA) is 26.0 Å². The van der Waals surface area contributed by atoms with Gasteiger partial charge in [0.25, 0.3) is 0 Å². The normalized spacial score (nSPS) is 10.8. The van der Waals surface area contributed by atoms with Gasteiger partial charge in [-0.15, -0.1) is 12.4 Å². The Labute approximate surface area is 86.7 Å². The highest BCUT2D eigenvalue weighted by atomic mass is 35.5. The minimum Gasteiger partial charge on any atom is -0.322 e. The Balaban J connectivity index is 0.00000144. The summed E-state index contributed by atoms with van der Waals surface area (Å²) >= 11 is 0. The van der Waals surface area contributed by atoms with Crippen LogP contribution in [0.2, 0.25) is 0 Å². The van der Waals surface area contributed by atoms with Crippen molar-refractivity contribution in [3.63, 3.8) is 0 Å². The molecule has 74 valence electrons. The van der Waals surface area contributed by atoms with Crippen LogP contribution < -0.4 is 5.73 Å². The van der Waals surface area contributed by atoms with Gasteiger partial charge >= 0.3 is 0 Å². The van der Waals surface area contributed by atoms with Gasteiger partial charge in [-0.1, -0.05) is 29.3 Å². The van der Waals surface area contributed by atoms with Gasteiger partial charge in [-0.3, -0.25) is 0 Å². The summed E-state index contributed by atoms with van der Waals surface area (Å²) in [5, 5.41) is 0. The molecule has 0 saturated carbocycles. The summed E-state index contributed by atoms with van der Waals surface area (Å²) in [6, 6.07) is 6.45. The minimum absolute atomic E-state index is 0. The van der Waals surface area contributed by atoms with Crippen LogP contribution in [0.3, 0.4) is 0 Å². The first-order chi connectivity index (χ1) is 5.39. The van der Waals surface area contributed by atoms with Crippen molar-refractivity contribution in [1.82, 2.24) is 0 Å². The first-order valence-corrected chi connectivity index (χ1v) is 4.27. The Morgan fingerprint density at radius 1 is 1.00 bits per heavy atom. The van der Waals surface area contributed by atoms with Crippen LogP contribution in [0.4, 0.5) is 0 Å². The predicted molar refractivity (Wildman–Crippen MR) is 60.4 cm³/mol. The fraction of sp³-hybridized carbons (Fsp3) is 0.455. The van der Waals surface area contributed by atoms with E-state index in [9.17, 15) is 0 Å². The molecule has 0 bridgehead atoms. The lowest BCUT2D eigenvalue weighted by molar-refractivity contribution is 0.553. The summed E-state index contributed by atoms with van der Waals surface area (Å²) in [5.74, 6) is 0. The second-order valence-electron chi connectivity index (χ2n) is 4.10. The molecule has 0 fully saturated rings. The standard InChI is InChI=1S/C11H17N.ClH/c1-8-5-9(2)7-10(6-8)11(3,4)12;/h5-7H,12H2,1-4H3;1H. The maximum atomic E-state index is 5.99. The Bertz CT molecular complexity index is 266. The van der Waals surface area contributed by atoms with Gasteiger partial charge < -0.3 is 5.73 Å². The second-order valence-corrected chi connectivity index (χ2v) is 4.10. The average molecular weight is 200 g/mol. The van der Waals surface area contributed by atoms with E-state index in [1.165, 1.54) is 16.7 Å². The van der Waals surface area contributed by atoms with E-state index in [0.717, 1.165) is 0 Å². The minimum atomic E-state index is -0.225. The summed E-state index contributed by atoms with van der Waals surface area (Å²) in [4.78, 5) is 0. The molecule has 2 heteroatoms. The Hall–Kier alpha value is -0.530. The Morgan fingerprint density at radius 2 is 1.38 bits per heavy atom. The number of hydrogen-bond donors (Lipinski definition) is 1. The first-order valence-electron chi connectivity index (χ1n) is 4.27. The Morgan fingerprint density at radius 3 is 1.69 bits per heavy atom. The molecule has 0 spiro atoms. The number of nitrogens with two attached hydrogens (primary N) is 1. The molecule has 0 unspecified atom stereocenters. The molecule has 1 aromatic rings. The van der Waals surface area contributed by atoms with Crippen LogP contribution in [-0.4, -0.2) is 0 Å². The number of hydrogen-bond acceptors (Lipinski definition) is 1. The highest BCUT2D eigenvalue weighted by Gasteiger charge is 2.13. The van der Waals surface area contributed by atoms with Gasteiger partial charge in [0, 0.05) is 5.54 Å². The fourth-order valence-corrected chi connectivity index (χ4v) is 1.35. The number of aryl methyl sites for hydroxylation is 2. The highest BCUT2D eigenvalue weighted by Crippen LogP contribution is 2.19. The van der Waals surface area contributed by atoms with Gasteiger partial charge in [0.05, 0.1) is 0 Å². The Kier molecular flexibility index (Phi) is 3.95. The van der Waals surface area contributed by atoms with Gasteiger partial charge in [0.2, 0.25) is 0 Å². The monoisotopic (exact) mass is 199 g/mol. The van der Waals surface area contributed by atoms with Crippen molar-refractivity contribution >= 4 is 12.4 Å². The molecule has 0 aromatic heterocycles. The summed E-state index contributed by atoms with van der Waals surface area (Å²) < 4.78 is 0. The third-order valence-corrected chi connectivity index (χ3v) is 1.97. The van der Waals surface area contributed by atoms with Crippen LogP contribution in [-0.2, 0) is 5.54 Å². The summed E-state index contributed by atoms with van der Waals surface area (Å²) in [7, 11) is 0. The largest absolute Gasteiger partial charge is 0.322 e. The van der Waals surface area contributed by atoms with E-state index >= 15 is 0 Å². The zero-order valence-electron chi connectivity index (χ0n) is 8.72. The fourth-order valence-electron chi connectivity index (χ4n) is 1.35. The molecule has 1 aromatic carbocycles. The summed E-state index contributed by atoms with van der Waals surface area (Å²) in [5.41, 5.74) is 9.54. The predicted octanol–water partition coefficient (Wildman–Crippen LogP) is 2.92. The number of rotatable bonds is 1. The van der Waals surface area contributed by atoms with Crippen molar-refractivity contribution in [3.8, 4) is 0 Å². The van der Waals surface area contributed by atoms with E-state index in [2.05, 4.69) is 32.0 Å². The zero-order chi connectivity index (χ0) is 9.35. The van der Waals surface area contributed by atoms with E-state index in [1.807, 2.05) is 13.8 Å². The lowest BCUT2D eigenvalue weighted by Crippen LogP contribution is -2.28. The second kappa shape index (κ2) is 4.12. The van der Waals surface area contributed by atoms with E-state index in [0.29, 0.717) is 0 Å². The van der Waals surface area contributed by atoms with Crippen molar-refractivity contribution < 1.29 is 0 Å². The molecule has 0 radical (unpaired) electrons. The SMILES string of the molecule is Cc1cc(C)cc(C(C)(C)N)c1.Cl. The first kappa shape index (κ1) is 12.5. The maximum Gasteiger partial charge on any atom is 0.0352 e. The van der Waals surface area contributed by atoms with Crippen LogP contribution >= 0.6 is 12.4 Å². The van der Waals surface area contributed by atoms with Crippen LogP contribution in [0.15, 0.2) is 18.2 Å². The van der Waals surface area contributed by atoms with Crippen molar-refractivity contribution in [2.75, 3.05) is 0 Å². The van der Waals surface area contributed by atoms with Crippen molar-refractivity contribution in [3.05, 3.63) is 34.9 Å². The number of benzene rings is 1. The number of halogens is 1. The molecule has 2 N–H and O–H groups in total. The van der Waals surface area contributed by atoms with Crippen LogP contribution in [0.1, 0.15) is 30.5 Å². The van der Waals surface area contributed by atoms with Gasteiger partial charge in [0.1, 0.15) is 0 Å². The lowest BCUT2D eigenvalue weighted by atomic mass is 9.93. The van der Waals surface area contributed by atoms with Crippen molar-refractivity contribution in [2.24, 2.45) is 5.73 Å². The molecular formula is C11H18ClN. The van der Waals surface area contributed by atoms with Gasteiger partial charge in [-0.25, -0.2) is 0 Å². The van der Waals surface area contributed by atoms with Crippen molar-refractivity contribution in [1.29, 1.82) is 0 Å². The molecule has 0 aliphatic heterocycles. The summed E-state index contributed by atoms with van der Waals surface area (Å²) in [6.45, 7) is 8.26.